The Labute approximate surface area is 141 Å². The van der Waals surface area contributed by atoms with Crippen molar-refractivity contribution >= 4 is 27.4 Å². The number of piperidine rings is 1. The van der Waals surface area contributed by atoms with Gasteiger partial charge in [-0.3, -0.25) is 4.79 Å². The van der Waals surface area contributed by atoms with Crippen LogP contribution in [0.4, 0.5) is 0 Å². The van der Waals surface area contributed by atoms with E-state index in [1.807, 2.05) is 6.92 Å². The first kappa shape index (κ1) is 18.2. The molecule has 0 unspecified atom stereocenters. The fraction of sp³-hybridized carbons (Fsp3) is 0.600. The molecule has 0 radical (unpaired) electrons. The van der Waals surface area contributed by atoms with E-state index in [1.165, 1.54) is 10.5 Å². The second-order valence-electron chi connectivity index (χ2n) is 5.58. The number of halogens is 1. The Morgan fingerprint density at radius 2 is 2.09 bits per heavy atom. The summed E-state index contributed by atoms with van der Waals surface area (Å²) in [6.45, 7) is 2.58. The summed E-state index contributed by atoms with van der Waals surface area (Å²) in [7, 11) is -3.51. The maximum Gasteiger partial charge on any atom is 0.221 e. The van der Waals surface area contributed by atoms with Gasteiger partial charge in [-0.1, -0.05) is 18.5 Å². The van der Waals surface area contributed by atoms with Gasteiger partial charge < -0.3 is 4.74 Å². The van der Waals surface area contributed by atoms with Gasteiger partial charge in [-0.15, -0.1) is 0 Å². The molecule has 0 N–H and O–H groups in total. The van der Waals surface area contributed by atoms with Gasteiger partial charge in [0.25, 0.3) is 0 Å². The van der Waals surface area contributed by atoms with Crippen LogP contribution >= 0.6 is 11.6 Å². The number of ketones is 1. The lowest BCUT2D eigenvalue weighted by Gasteiger charge is -2.31. The Kier molecular flexibility index (Phi) is 6.38. The summed E-state index contributed by atoms with van der Waals surface area (Å²) in [5.41, 5.74) is 0. The SMILES string of the molecule is CCCC(=O)CS(=O)(=O)N1CCC(Oc2ccc(Cl)cn2)CC1. The van der Waals surface area contributed by atoms with Gasteiger partial charge in [0.05, 0.1) is 5.02 Å². The Morgan fingerprint density at radius 3 is 2.65 bits per heavy atom. The molecule has 0 aliphatic carbocycles. The first-order chi connectivity index (χ1) is 10.9. The molecular weight excluding hydrogens is 340 g/mol. The van der Waals surface area contributed by atoms with Gasteiger partial charge in [-0.05, 0) is 25.3 Å². The van der Waals surface area contributed by atoms with Crippen molar-refractivity contribution in [1.29, 1.82) is 0 Å². The van der Waals surface area contributed by atoms with E-state index < -0.39 is 15.8 Å². The summed E-state index contributed by atoms with van der Waals surface area (Å²) in [6.07, 6.45) is 3.55. The van der Waals surface area contributed by atoms with E-state index in [4.69, 9.17) is 16.3 Å². The summed E-state index contributed by atoms with van der Waals surface area (Å²) in [5.74, 6) is -0.143. The van der Waals surface area contributed by atoms with Crippen LogP contribution in [0.2, 0.25) is 5.02 Å². The van der Waals surface area contributed by atoms with Crippen LogP contribution in [0.25, 0.3) is 0 Å². The Morgan fingerprint density at radius 1 is 1.39 bits per heavy atom. The van der Waals surface area contributed by atoms with Gasteiger partial charge in [0.15, 0.2) is 0 Å². The second kappa shape index (κ2) is 8.08. The maximum atomic E-state index is 12.2. The molecule has 1 aromatic heterocycles. The molecule has 1 saturated heterocycles. The second-order valence-corrected chi connectivity index (χ2v) is 7.98. The van der Waals surface area contributed by atoms with Gasteiger partial charge in [0.1, 0.15) is 17.6 Å². The minimum Gasteiger partial charge on any atom is -0.474 e. The van der Waals surface area contributed by atoms with Crippen molar-refractivity contribution in [2.75, 3.05) is 18.8 Å². The van der Waals surface area contributed by atoms with E-state index in [0.29, 0.717) is 49.7 Å². The van der Waals surface area contributed by atoms with Crippen LogP contribution in [0.3, 0.4) is 0 Å². The molecular formula is C15H21ClN2O4S. The first-order valence-corrected chi connectivity index (χ1v) is 9.67. The molecule has 1 aliphatic heterocycles. The fourth-order valence-corrected chi connectivity index (χ4v) is 4.09. The lowest BCUT2D eigenvalue weighted by molar-refractivity contribution is -0.116. The van der Waals surface area contributed by atoms with E-state index in [2.05, 4.69) is 4.98 Å². The molecule has 2 rings (SSSR count). The normalized spacial score (nSPS) is 17.1. The van der Waals surface area contributed by atoms with Crippen molar-refractivity contribution in [2.24, 2.45) is 0 Å². The lowest BCUT2D eigenvalue weighted by atomic mass is 10.1. The first-order valence-electron chi connectivity index (χ1n) is 7.68. The highest BCUT2D eigenvalue weighted by Gasteiger charge is 2.30. The summed E-state index contributed by atoms with van der Waals surface area (Å²) >= 11 is 5.77. The zero-order chi connectivity index (χ0) is 16.9. The number of hydrogen-bond donors (Lipinski definition) is 0. The molecule has 0 amide bonds. The van der Waals surface area contributed by atoms with Crippen molar-refractivity contribution in [3.8, 4) is 5.88 Å². The number of ether oxygens (including phenoxy) is 1. The van der Waals surface area contributed by atoms with Crippen molar-refractivity contribution in [3.05, 3.63) is 23.4 Å². The summed E-state index contributed by atoms with van der Waals surface area (Å²) < 4.78 is 31.5. The molecule has 8 heteroatoms. The summed E-state index contributed by atoms with van der Waals surface area (Å²) in [4.78, 5) is 15.7. The standard InChI is InChI=1S/C15H21ClN2O4S/c1-2-3-13(19)11-23(20,21)18-8-6-14(7-9-18)22-15-5-4-12(16)10-17-15/h4-5,10,14H,2-3,6-9,11H2,1H3. The zero-order valence-corrected chi connectivity index (χ0v) is 14.6. The molecule has 1 aliphatic rings. The highest BCUT2D eigenvalue weighted by Crippen LogP contribution is 2.20. The predicted molar refractivity (Wildman–Crippen MR) is 88.2 cm³/mol. The molecule has 0 bridgehead atoms. The van der Waals surface area contributed by atoms with Crippen molar-refractivity contribution in [2.45, 2.75) is 38.7 Å². The van der Waals surface area contributed by atoms with Gasteiger partial charge in [-0.25, -0.2) is 17.7 Å². The molecule has 0 aromatic carbocycles. The number of Topliss-reactive ketones (excluding diaryl/α,β-unsaturated/α-hetero) is 1. The summed E-state index contributed by atoms with van der Waals surface area (Å²) in [6, 6.07) is 3.39. The monoisotopic (exact) mass is 360 g/mol. The average Bonchev–Trinajstić information content (AvgIpc) is 2.50. The molecule has 2 heterocycles. The molecule has 0 saturated carbocycles. The molecule has 0 atom stereocenters. The van der Waals surface area contributed by atoms with E-state index in [0.717, 1.165) is 0 Å². The highest BCUT2D eigenvalue weighted by molar-refractivity contribution is 7.89. The smallest absolute Gasteiger partial charge is 0.221 e. The molecule has 128 valence electrons. The van der Waals surface area contributed by atoms with Crippen LogP contribution in [0, 0.1) is 0 Å². The van der Waals surface area contributed by atoms with E-state index in [9.17, 15) is 13.2 Å². The van der Waals surface area contributed by atoms with Gasteiger partial charge >= 0.3 is 0 Å². The van der Waals surface area contributed by atoms with Crippen molar-refractivity contribution in [3.63, 3.8) is 0 Å². The van der Waals surface area contributed by atoms with Crippen LogP contribution < -0.4 is 4.74 Å². The minimum absolute atomic E-state index is 0.0820. The topological polar surface area (TPSA) is 76.6 Å². The predicted octanol–water partition coefficient (Wildman–Crippen LogP) is 2.28. The number of rotatable bonds is 7. The highest BCUT2D eigenvalue weighted by atomic mass is 35.5. The number of hydrogen-bond acceptors (Lipinski definition) is 5. The average molecular weight is 361 g/mol. The lowest BCUT2D eigenvalue weighted by Crippen LogP contribution is -2.43. The molecule has 6 nitrogen and oxygen atoms in total. The number of nitrogens with zero attached hydrogens (tertiary/aromatic N) is 2. The number of carbonyl (C=O) groups excluding carboxylic acids is 1. The fourth-order valence-electron chi connectivity index (χ4n) is 2.48. The molecule has 1 aromatic rings. The quantitative estimate of drug-likeness (QED) is 0.745. The van der Waals surface area contributed by atoms with Gasteiger partial charge in [-0.2, -0.15) is 0 Å². The Bertz CT molecular complexity index is 625. The van der Waals surface area contributed by atoms with Crippen molar-refractivity contribution < 1.29 is 17.9 Å². The van der Waals surface area contributed by atoms with Crippen LogP contribution in [-0.4, -0.2) is 48.4 Å². The van der Waals surface area contributed by atoms with E-state index in [1.54, 1.807) is 12.1 Å². The van der Waals surface area contributed by atoms with Crippen LogP contribution in [0.5, 0.6) is 5.88 Å². The third-order valence-electron chi connectivity index (χ3n) is 3.65. The molecule has 23 heavy (non-hydrogen) atoms. The maximum absolute atomic E-state index is 12.2. The van der Waals surface area contributed by atoms with Crippen molar-refractivity contribution in [1.82, 2.24) is 9.29 Å². The summed E-state index contributed by atoms with van der Waals surface area (Å²) in [5, 5.41) is 0.537. The Hall–Kier alpha value is -1.18. The molecule has 1 fully saturated rings. The third-order valence-corrected chi connectivity index (χ3v) is 5.72. The third kappa shape index (κ3) is 5.44. The largest absolute Gasteiger partial charge is 0.474 e. The van der Waals surface area contributed by atoms with E-state index in [-0.39, 0.29) is 11.9 Å². The van der Waals surface area contributed by atoms with Crippen LogP contribution in [0.15, 0.2) is 18.3 Å². The number of carbonyl (C=O) groups is 1. The van der Waals surface area contributed by atoms with Gasteiger partial charge in [0, 0.05) is 31.8 Å². The van der Waals surface area contributed by atoms with Crippen LogP contribution in [0.1, 0.15) is 32.6 Å². The minimum atomic E-state index is -3.51. The van der Waals surface area contributed by atoms with Gasteiger partial charge in [0.2, 0.25) is 15.9 Å². The zero-order valence-electron chi connectivity index (χ0n) is 13.1. The molecule has 0 spiro atoms. The number of sulfonamides is 1. The Balaban J connectivity index is 1.85. The number of aromatic nitrogens is 1. The van der Waals surface area contributed by atoms with E-state index >= 15 is 0 Å². The van der Waals surface area contributed by atoms with Crippen LogP contribution in [-0.2, 0) is 14.8 Å². The number of pyridine rings is 1.